The molecule has 1 atom stereocenters. The predicted octanol–water partition coefficient (Wildman–Crippen LogP) is 22.0. The molecule has 0 aromatic carbocycles. The first kappa shape index (κ1) is 72.8. The molecule has 0 aliphatic rings. The van der Waals surface area contributed by atoms with E-state index in [1.165, 1.54) is 128 Å². The molecular formula is C71H118O6. The molecule has 0 amide bonds. The Bertz CT molecular complexity index is 1600. The minimum atomic E-state index is -0.810. The van der Waals surface area contributed by atoms with E-state index in [1.807, 2.05) is 0 Å². The topological polar surface area (TPSA) is 78.9 Å². The van der Waals surface area contributed by atoms with Crippen molar-refractivity contribution < 1.29 is 28.6 Å². The molecule has 6 heteroatoms. The minimum Gasteiger partial charge on any atom is -0.462 e. The number of ether oxygens (including phenoxy) is 3. The van der Waals surface area contributed by atoms with Gasteiger partial charge in [-0.25, -0.2) is 0 Å². The Hall–Kier alpha value is -4.19. The zero-order chi connectivity index (χ0) is 55.7. The standard InChI is InChI=1S/C71H118O6/c1-4-7-10-13-16-19-22-25-28-31-33-35-37-40-43-46-49-52-55-58-61-64-70(73)76-67-68(66-75-69(72)63-60-57-54-51-48-45-42-39-30-27-24-21-18-15-12-9-6-3)77-71(74)65-62-59-56-53-50-47-44-41-38-36-34-32-29-26-23-20-17-14-11-8-5-2/h7,10,16,19,23,25-28,30,32-35,38,40-41,43,49,52,68H,4-6,8-9,11-15,17-18,20-22,24,29,31,36-37,39,42,44-48,50-51,53-67H2,1-3H3/b10-7-,19-16-,26-23-,28-25-,30-27-,34-32-,35-33-,41-38-,43-40-,52-49-. The van der Waals surface area contributed by atoms with Gasteiger partial charge in [-0.15, -0.1) is 0 Å². The minimum absolute atomic E-state index is 0.102. The van der Waals surface area contributed by atoms with Gasteiger partial charge in [0.25, 0.3) is 0 Å². The Balaban J connectivity index is 4.51. The SMILES string of the molecule is CC/C=C\C/C=C\C/C=C\C/C=C\C/C=C\C/C=C\CCCCC(=O)OCC(COC(=O)CCCCCCCCC/C=C\CCCCCCCC)OC(=O)CCCCCCCC/C=C\C/C=C\C/C=C\CCCCCCC. The van der Waals surface area contributed by atoms with E-state index in [2.05, 4.69) is 142 Å². The van der Waals surface area contributed by atoms with Gasteiger partial charge < -0.3 is 14.2 Å². The maximum atomic E-state index is 12.9. The summed E-state index contributed by atoms with van der Waals surface area (Å²) in [5.74, 6) is -0.959. The molecule has 0 N–H and O–H groups in total. The fourth-order valence-electron chi connectivity index (χ4n) is 8.62. The second-order valence-corrected chi connectivity index (χ2v) is 20.9. The number of hydrogen-bond acceptors (Lipinski definition) is 6. The second-order valence-electron chi connectivity index (χ2n) is 20.9. The van der Waals surface area contributed by atoms with Crippen LogP contribution >= 0.6 is 0 Å². The van der Waals surface area contributed by atoms with Crippen molar-refractivity contribution in [2.45, 2.75) is 297 Å². The lowest BCUT2D eigenvalue weighted by Gasteiger charge is -2.18. The third-order valence-electron chi connectivity index (χ3n) is 13.4. The lowest BCUT2D eigenvalue weighted by atomic mass is 10.1. The monoisotopic (exact) mass is 1070 g/mol. The fourth-order valence-corrected chi connectivity index (χ4v) is 8.62. The van der Waals surface area contributed by atoms with Crippen LogP contribution in [0.5, 0.6) is 0 Å². The number of carbonyl (C=O) groups is 3. The molecule has 0 saturated heterocycles. The molecule has 438 valence electrons. The summed E-state index contributed by atoms with van der Waals surface area (Å²) in [5, 5.41) is 0. The number of unbranched alkanes of at least 4 members (excludes halogenated alkanes) is 26. The predicted molar refractivity (Wildman–Crippen MR) is 334 cm³/mol. The van der Waals surface area contributed by atoms with Crippen molar-refractivity contribution in [1.29, 1.82) is 0 Å². The summed E-state index contributed by atoms with van der Waals surface area (Å²) in [7, 11) is 0. The van der Waals surface area contributed by atoms with Gasteiger partial charge in [0.2, 0.25) is 0 Å². The normalized spacial score (nSPS) is 12.9. The van der Waals surface area contributed by atoms with Crippen molar-refractivity contribution in [3.05, 3.63) is 122 Å². The highest BCUT2D eigenvalue weighted by molar-refractivity contribution is 5.71. The molecule has 77 heavy (non-hydrogen) atoms. The summed E-state index contributed by atoms with van der Waals surface area (Å²) in [6.45, 7) is 6.47. The van der Waals surface area contributed by atoms with Gasteiger partial charge in [0.05, 0.1) is 0 Å². The molecule has 0 rings (SSSR count). The third-order valence-corrected chi connectivity index (χ3v) is 13.4. The molecule has 0 fully saturated rings. The number of allylic oxidation sites excluding steroid dienone is 20. The lowest BCUT2D eigenvalue weighted by molar-refractivity contribution is -0.167. The molecule has 1 unspecified atom stereocenters. The molecule has 0 radical (unpaired) electrons. The molecule has 0 aromatic rings. The molecular weight excluding hydrogens is 949 g/mol. The van der Waals surface area contributed by atoms with Crippen LogP contribution in [0.15, 0.2) is 122 Å². The second kappa shape index (κ2) is 64.3. The van der Waals surface area contributed by atoms with E-state index in [0.29, 0.717) is 25.7 Å². The van der Waals surface area contributed by atoms with E-state index in [4.69, 9.17) is 14.2 Å². The first-order chi connectivity index (χ1) is 38.0. The van der Waals surface area contributed by atoms with Crippen molar-refractivity contribution in [2.75, 3.05) is 13.2 Å². The number of esters is 3. The van der Waals surface area contributed by atoms with Gasteiger partial charge in [-0.05, 0) is 135 Å². The quantitative estimate of drug-likeness (QED) is 0.0261. The summed E-state index contributed by atoms with van der Waals surface area (Å²) in [4.78, 5) is 38.3. The highest BCUT2D eigenvalue weighted by Gasteiger charge is 2.19. The third kappa shape index (κ3) is 62.5. The van der Waals surface area contributed by atoms with Gasteiger partial charge in [0.1, 0.15) is 13.2 Å². The van der Waals surface area contributed by atoms with Crippen LogP contribution in [0, 0.1) is 0 Å². The Morgan fingerprint density at radius 1 is 0.273 bits per heavy atom. The highest BCUT2D eigenvalue weighted by Crippen LogP contribution is 2.15. The Morgan fingerprint density at radius 3 is 0.831 bits per heavy atom. The number of carbonyl (C=O) groups excluding carboxylic acids is 3. The highest BCUT2D eigenvalue weighted by atomic mass is 16.6. The summed E-state index contributed by atoms with van der Waals surface area (Å²) in [6.07, 6.45) is 89.1. The first-order valence-electron chi connectivity index (χ1n) is 32.0. The summed E-state index contributed by atoms with van der Waals surface area (Å²) in [6, 6.07) is 0. The van der Waals surface area contributed by atoms with Crippen LogP contribution in [0.1, 0.15) is 290 Å². The van der Waals surface area contributed by atoms with E-state index in [1.54, 1.807) is 0 Å². The molecule has 0 heterocycles. The van der Waals surface area contributed by atoms with E-state index in [9.17, 15) is 14.4 Å². The molecule has 0 bridgehead atoms. The van der Waals surface area contributed by atoms with Gasteiger partial charge >= 0.3 is 17.9 Å². The zero-order valence-corrected chi connectivity index (χ0v) is 50.2. The van der Waals surface area contributed by atoms with Crippen LogP contribution in [0.3, 0.4) is 0 Å². The smallest absolute Gasteiger partial charge is 0.306 e. The average molecular weight is 1070 g/mol. The van der Waals surface area contributed by atoms with Gasteiger partial charge in [-0.2, -0.15) is 0 Å². The van der Waals surface area contributed by atoms with Crippen molar-refractivity contribution in [3.8, 4) is 0 Å². The van der Waals surface area contributed by atoms with Crippen LogP contribution in [-0.4, -0.2) is 37.2 Å². The van der Waals surface area contributed by atoms with Gasteiger partial charge in [0, 0.05) is 19.3 Å². The van der Waals surface area contributed by atoms with Crippen LogP contribution in [0.4, 0.5) is 0 Å². The van der Waals surface area contributed by atoms with Crippen molar-refractivity contribution >= 4 is 17.9 Å². The Morgan fingerprint density at radius 2 is 0.506 bits per heavy atom. The van der Waals surface area contributed by atoms with Gasteiger partial charge in [0.15, 0.2) is 6.10 Å². The van der Waals surface area contributed by atoms with Gasteiger partial charge in [-0.1, -0.05) is 258 Å². The molecule has 6 nitrogen and oxygen atoms in total. The lowest BCUT2D eigenvalue weighted by Crippen LogP contribution is -2.30. The van der Waals surface area contributed by atoms with Crippen LogP contribution in [0.25, 0.3) is 0 Å². The largest absolute Gasteiger partial charge is 0.462 e. The maximum absolute atomic E-state index is 12.9. The van der Waals surface area contributed by atoms with Crippen LogP contribution < -0.4 is 0 Å². The number of rotatable bonds is 57. The summed E-state index contributed by atoms with van der Waals surface area (Å²) in [5.41, 5.74) is 0. The number of hydrogen-bond donors (Lipinski definition) is 0. The van der Waals surface area contributed by atoms with E-state index >= 15 is 0 Å². The molecule has 0 saturated carbocycles. The maximum Gasteiger partial charge on any atom is 0.306 e. The molecule has 0 spiro atoms. The van der Waals surface area contributed by atoms with Crippen molar-refractivity contribution in [3.63, 3.8) is 0 Å². The van der Waals surface area contributed by atoms with Crippen LogP contribution in [-0.2, 0) is 28.6 Å². The fraction of sp³-hybridized carbons (Fsp3) is 0.676. The Kier molecular flexibility index (Phi) is 60.8. The van der Waals surface area contributed by atoms with Crippen LogP contribution in [0.2, 0.25) is 0 Å². The Labute approximate surface area is 475 Å². The molecule has 0 aromatic heterocycles. The molecule has 0 aliphatic carbocycles. The zero-order valence-electron chi connectivity index (χ0n) is 50.2. The first-order valence-corrected chi connectivity index (χ1v) is 32.0. The van der Waals surface area contributed by atoms with Crippen molar-refractivity contribution in [1.82, 2.24) is 0 Å². The molecule has 0 aliphatic heterocycles. The van der Waals surface area contributed by atoms with E-state index < -0.39 is 6.10 Å². The van der Waals surface area contributed by atoms with Gasteiger partial charge in [-0.3, -0.25) is 14.4 Å². The van der Waals surface area contributed by atoms with Crippen molar-refractivity contribution in [2.24, 2.45) is 0 Å². The average Bonchev–Trinajstić information content (AvgIpc) is 3.43. The summed E-state index contributed by atoms with van der Waals surface area (Å²) >= 11 is 0. The van der Waals surface area contributed by atoms with E-state index in [0.717, 1.165) is 116 Å². The summed E-state index contributed by atoms with van der Waals surface area (Å²) < 4.78 is 16.9. The van der Waals surface area contributed by atoms with E-state index in [-0.39, 0.29) is 31.1 Å².